The van der Waals surface area contributed by atoms with Gasteiger partial charge >= 0.3 is 0 Å². The molecule has 86 valence electrons. The van der Waals surface area contributed by atoms with E-state index in [4.69, 9.17) is 0 Å². The van der Waals surface area contributed by atoms with E-state index in [-0.39, 0.29) is 23.9 Å². The molecule has 1 aromatic carbocycles. The van der Waals surface area contributed by atoms with Gasteiger partial charge in [0.25, 0.3) is 0 Å². The molecule has 3 rings (SSSR count). The van der Waals surface area contributed by atoms with Crippen molar-refractivity contribution in [3.05, 3.63) is 35.5 Å². The van der Waals surface area contributed by atoms with E-state index in [1.165, 1.54) is 0 Å². The molecule has 0 bridgehead atoms. The zero-order chi connectivity index (χ0) is 12.0. The number of benzene rings is 1. The average Bonchev–Trinajstić information content (AvgIpc) is 2.81. The summed E-state index contributed by atoms with van der Waals surface area (Å²) in [4.78, 5) is 26.3. The first kappa shape index (κ1) is 10.3. The maximum atomic E-state index is 11.8. The van der Waals surface area contributed by atoms with E-state index in [0.29, 0.717) is 6.42 Å². The average molecular weight is 227 g/mol. The van der Waals surface area contributed by atoms with Crippen LogP contribution in [0.1, 0.15) is 29.9 Å². The summed E-state index contributed by atoms with van der Waals surface area (Å²) in [6.45, 7) is 2.03. The Balaban J connectivity index is 2.14. The summed E-state index contributed by atoms with van der Waals surface area (Å²) in [6.07, 6.45) is 2.33. The molecular formula is C14H13NO2. The highest BCUT2D eigenvalue weighted by Crippen LogP contribution is 2.34. The van der Waals surface area contributed by atoms with Gasteiger partial charge in [0, 0.05) is 23.5 Å². The minimum absolute atomic E-state index is 0.0532. The predicted octanol–water partition coefficient (Wildman–Crippen LogP) is 2.49. The van der Waals surface area contributed by atoms with Crippen LogP contribution in [0, 0.1) is 6.92 Å². The number of H-pyrrole nitrogens is 1. The molecule has 1 atom stereocenters. The second-order valence-electron chi connectivity index (χ2n) is 4.73. The number of hydrogen-bond acceptors (Lipinski definition) is 2. The van der Waals surface area contributed by atoms with Gasteiger partial charge in [-0.2, -0.15) is 0 Å². The Bertz CT molecular complexity index is 624. The van der Waals surface area contributed by atoms with Gasteiger partial charge in [-0.15, -0.1) is 0 Å². The van der Waals surface area contributed by atoms with Crippen LogP contribution in [0.5, 0.6) is 0 Å². The molecule has 3 nitrogen and oxygen atoms in total. The van der Waals surface area contributed by atoms with Gasteiger partial charge in [0.05, 0.1) is 12.3 Å². The van der Waals surface area contributed by atoms with Crippen LogP contribution in [0.15, 0.2) is 24.4 Å². The quantitative estimate of drug-likeness (QED) is 0.761. The van der Waals surface area contributed by atoms with Crippen molar-refractivity contribution in [1.29, 1.82) is 0 Å². The van der Waals surface area contributed by atoms with Gasteiger partial charge in [-0.1, -0.05) is 11.6 Å². The molecule has 1 aromatic heterocycles. The molecule has 1 heterocycles. The highest BCUT2D eigenvalue weighted by Gasteiger charge is 2.33. The van der Waals surface area contributed by atoms with Gasteiger partial charge < -0.3 is 4.98 Å². The Morgan fingerprint density at radius 3 is 2.82 bits per heavy atom. The topological polar surface area (TPSA) is 49.9 Å². The minimum Gasteiger partial charge on any atom is -0.361 e. The predicted molar refractivity (Wildman–Crippen MR) is 65.0 cm³/mol. The SMILES string of the molecule is Cc1ccc2[nH]cc(C3CC(=O)CC3=O)c2c1. The third-order valence-electron chi connectivity index (χ3n) is 3.44. The fraction of sp³-hybridized carbons (Fsp3) is 0.286. The standard InChI is InChI=1S/C14H13NO2/c1-8-2-3-13-10(4-8)12(7-15-13)11-5-9(16)6-14(11)17/h2-4,7,11,15H,5-6H2,1H3. The molecule has 0 radical (unpaired) electrons. The van der Waals surface area contributed by atoms with Crippen molar-refractivity contribution in [1.82, 2.24) is 4.98 Å². The van der Waals surface area contributed by atoms with Gasteiger partial charge in [-0.3, -0.25) is 9.59 Å². The highest BCUT2D eigenvalue weighted by molar-refractivity contribution is 6.10. The van der Waals surface area contributed by atoms with E-state index in [0.717, 1.165) is 22.0 Å². The van der Waals surface area contributed by atoms with Crippen molar-refractivity contribution in [3.8, 4) is 0 Å². The van der Waals surface area contributed by atoms with Gasteiger partial charge in [0.1, 0.15) is 11.6 Å². The van der Waals surface area contributed by atoms with Gasteiger partial charge in [0.15, 0.2) is 0 Å². The molecule has 0 saturated heterocycles. The van der Waals surface area contributed by atoms with Crippen molar-refractivity contribution in [3.63, 3.8) is 0 Å². The molecule has 1 fully saturated rings. The normalized spacial score (nSPS) is 20.4. The van der Waals surface area contributed by atoms with E-state index in [1.54, 1.807) is 0 Å². The third-order valence-corrected chi connectivity index (χ3v) is 3.44. The van der Waals surface area contributed by atoms with E-state index in [1.807, 2.05) is 25.3 Å². The van der Waals surface area contributed by atoms with Crippen molar-refractivity contribution >= 4 is 22.5 Å². The number of carbonyl (C=O) groups is 2. The molecule has 1 unspecified atom stereocenters. The zero-order valence-corrected chi connectivity index (χ0v) is 9.62. The molecule has 1 aliphatic carbocycles. The third kappa shape index (κ3) is 1.58. The molecular weight excluding hydrogens is 214 g/mol. The van der Waals surface area contributed by atoms with Crippen LogP contribution < -0.4 is 0 Å². The summed E-state index contributed by atoms with van der Waals surface area (Å²) in [6, 6.07) is 6.11. The van der Waals surface area contributed by atoms with Gasteiger partial charge in [-0.25, -0.2) is 0 Å². The van der Waals surface area contributed by atoms with Gasteiger partial charge in [-0.05, 0) is 24.6 Å². The maximum Gasteiger partial charge on any atom is 0.148 e. The second kappa shape index (κ2) is 3.55. The number of aromatic amines is 1. The first-order valence-corrected chi connectivity index (χ1v) is 5.77. The summed E-state index contributed by atoms with van der Waals surface area (Å²) in [5, 5.41) is 1.07. The molecule has 2 aromatic rings. The molecule has 0 spiro atoms. The number of hydrogen-bond donors (Lipinski definition) is 1. The van der Waals surface area contributed by atoms with Crippen molar-refractivity contribution < 1.29 is 9.59 Å². The van der Waals surface area contributed by atoms with Crippen LogP contribution >= 0.6 is 0 Å². The van der Waals surface area contributed by atoms with E-state index >= 15 is 0 Å². The molecule has 0 amide bonds. The van der Waals surface area contributed by atoms with Crippen LogP contribution in [0.4, 0.5) is 0 Å². The van der Waals surface area contributed by atoms with E-state index in [2.05, 4.69) is 11.1 Å². The van der Waals surface area contributed by atoms with Crippen molar-refractivity contribution in [2.45, 2.75) is 25.7 Å². The lowest BCUT2D eigenvalue weighted by Crippen LogP contribution is -2.03. The van der Waals surface area contributed by atoms with Gasteiger partial charge in [0.2, 0.25) is 0 Å². The maximum absolute atomic E-state index is 11.8. The Morgan fingerprint density at radius 1 is 1.29 bits per heavy atom. The lowest BCUT2D eigenvalue weighted by Gasteiger charge is -2.05. The largest absolute Gasteiger partial charge is 0.361 e. The number of fused-ring (bicyclic) bond motifs is 1. The molecule has 3 heteroatoms. The Kier molecular flexibility index (Phi) is 2.15. The number of aryl methyl sites for hydroxylation is 1. The number of rotatable bonds is 1. The Hall–Kier alpha value is -1.90. The van der Waals surface area contributed by atoms with Crippen LogP contribution in [0.3, 0.4) is 0 Å². The summed E-state index contributed by atoms with van der Waals surface area (Å²) in [7, 11) is 0. The lowest BCUT2D eigenvalue weighted by atomic mass is 9.96. The van der Waals surface area contributed by atoms with E-state index in [9.17, 15) is 9.59 Å². The summed E-state index contributed by atoms with van der Waals surface area (Å²) in [5.74, 6) is -0.127. The number of ketones is 2. The molecule has 1 saturated carbocycles. The fourth-order valence-electron chi connectivity index (χ4n) is 2.56. The number of Topliss-reactive ketones (excluding diaryl/α,β-unsaturated/α-hetero) is 2. The minimum atomic E-state index is -0.238. The monoisotopic (exact) mass is 227 g/mol. The fourth-order valence-corrected chi connectivity index (χ4v) is 2.56. The first-order valence-electron chi connectivity index (χ1n) is 5.77. The Morgan fingerprint density at radius 2 is 2.12 bits per heavy atom. The molecule has 17 heavy (non-hydrogen) atoms. The number of aromatic nitrogens is 1. The van der Waals surface area contributed by atoms with Crippen molar-refractivity contribution in [2.24, 2.45) is 0 Å². The van der Waals surface area contributed by atoms with Crippen LogP contribution in [-0.2, 0) is 9.59 Å². The lowest BCUT2D eigenvalue weighted by molar-refractivity contribution is -0.121. The van der Waals surface area contributed by atoms with Crippen LogP contribution in [0.25, 0.3) is 10.9 Å². The first-order chi connectivity index (χ1) is 8.15. The van der Waals surface area contributed by atoms with Crippen molar-refractivity contribution in [2.75, 3.05) is 0 Å². The summed E-state index contributed by atoms with van der Waals surface area (Å²) >= 11 is 0. The van der Waals surface area contributed by atoms with Crippen LogP contribution in [-0.4, -0.2) is 16.6 Å². The molecule has 0 aliphatic heterocycles. The summed E-state index contributed by atoms with van der Waals surface area (Å²) < 4.78 is 0. The molecule has 1 N–H and O–H groups in total. The smallest absolute Gasteiger partial charge is 0.148 e. The molecule has 1 aliphatic rings. The highest BCUT2D eigenvalue weighted by atomic mass is 16.2. The summed E-state index contributed by atoms with van der Waals surface area (Å²) in [5.41, 5.74) is 3.16. The zero-order valence-electron chi connectivity index (χ0n) is 9.62. The van der Waals surface area contributed by atoms with E-state index < -0.39 is 0 Å². The Labute approximate surface area is 98.8 Å². The number of carbonyl (C=O) groups excluding carboxylic acids is 2. The second-order valence-corrected chi connectivity index (χ2v) is 4.73. The van der Waals surface area contributed by atoms with Crippen LogP contribution in [0.2, 0.25) is 0 Å². The number of nitrogens with one attached hydrogen (secondary N) is 1.